The lowest BCUT2D eigenvalue weighted by Crippen LogP contribution is -2.42. The number of rotatable bonds is 4. The minimum absolute atomic E-state index is 0.162. The third-order valence-electron chi connectivity index (χ3n) is 4.76. The van der Waals surface area contributed by atoms with Gasteiger partial charge in [-0.25, -0.2) is 9.78 Å². The highest BCUT2D eigenvalue weighted by molar-refractivity contribution is 6.03. The van der Waals surface area contributed by atoms with Gasteiger partial charge in [-0.15, -0.1) is 0 Å². The second kappa shape index (κ2) is 7.21. The molecule has 2 aromatic heterocycles. The lowest BCUT2D eigenvalue weighted by molar-refractivity contribution is -0.125. The van der Waals surface area contributed by atoms with E-state index in [4.69, 9.17) is 9.26 Å². The van der Waals surface area contributed by atoms with E-state index in [1.165, 1.54) is 6.42 Å². The molecule has 7 heteroatoms. The summed E-state index contributed by atoms with van der Waals surface area (Å²) in [6, 6.07) is 1.78. The number of hydrogen-bond acceptors (Lipinski definition) is 6. The zero-order valence-electron chi connectivity index (χ0n) is 14.8. The Morgan fingerprint density at radius 2 is 2.08 bits per heavy atom. The summed E-state index contributed by atoms with van der Waals surface area (Å²) in [6.45, 7) is 5.33. The summed E-state index contributed by atoms with van der Waals surface area (Å²) < 4.78 is 10.3. The van der Waals surface area contributed by atoms with E-state index >= 15 is 0 Å². The van der Waals surface area contributed by atoms with Crippen molar-refractivity contribution in [1.82, 2.24) is 15.5 Å². The summed E-state index contributed by atoms with van der Waals surface area (Å²) in [6.07, 6.45) is 4.42. The van der Waals surface area contributed by atoms with Crippen LogP contribution in [0.4, 0.5) is 0 Å². The van der Waals surface area contributed by atoms with Crippen molar-refractivity contribution in [3.05, 3.63) is 23.0 Å². The predicted molar refractivity (Wildman–Crippen MR) is 91.1 cm³/mol. The predicted octanol–water partition coefficient (Wildman–Crippen LogP) is 2.69. The number of aromatic nitrogens is 2. The van der Waals surface area contributed by atoms with E-state index in [9.17, 15) is 9.59 Å². The molecular formula is C18H23N3O4. The van der Waals surface area contributed by atoms with Gasteiger partial charge in [-0.3, -0.25) is 4.79 Å². The lowest BCUT2D eigenvalue weighted by atomic mass is 9.86. The monoisotopic (exact) mass is 345 g/mol. The Hall–Kier alpha value is -2.44. The molecule has 2 atom stereocenters. The van der Waals surface area contributed by atoms with Crippen LogP contribution in [0.25, 0.3) is 11.1 Å². The number of carbonyl (C=O) groups excluding carboxylic acids is 2. The van der Waals surface area contributed by atoms with Gasteiger partial charge in [0.1, 0.15) is 0 Å². The van der Waals surface area contributed by atoms with Crippen molar-refractivity contribution in [3.8, 4) is 0 Å². The first-order chi connectivity index (χ1) is 12.0. The third kappa shape index (κ3) is 3.81. The quantitative estimate of drug-likeness (QED) is 0.856. The molecule has 7 nitrogen and oxygen atoms in total. The fourth-order valence-corrected chi connectivity index (χ4v) is 3.37. The first-order valence-electron chi connectivity index (χ1n) is 8.66. The Bertz CT molecular complexity index is 799. The molecule has 0 aromatic carbocycles. The lowest BCUT2D eigenvalue weighted by Gasteiger charge is -2.29. The molecule has 134 valence electrons. The molecule has 1 amide bonds. The normalized spacial score (nSPS) is 20.4. The van der Waals surface area contributed by atoms with Gasteiger partial charge in [0.15, 0.2) is 6.61 Å². The topological polar surface area (TPSA) is 94.3 Å². The minimum Gasteiger partial charge on any atom is -0.452 e. The number of fused-ring (bicyclic) bond motifs is 1. The number of carbonyl (C=O) groups is 2. The van der Waals surface area contributed by atoms with Gasteiger partial charge in [0, 0.05) is 11.7 Å². The molecule has 1 saturated carbocycles. The molecule has 1 fully saturated rings. The summed E-state index contributed by atoms with van der Waals surface area (Å²) in [4.78, 5) is 28.7. The zero-order chi connectivity index (χ0) is 18.0. The maximum atomic E-state index is 12.4. The Morgan fingerprint density at radius 1 is 1.32 bits per heavy atom. The van der Waals surface area contributed by atoms with Crippen molar-refractivity contribution in [2.45, 2.75) is 52.5 Å². The van der Waals surface area contributed by atoms with Crippen LogP contribution in [0.5, 0.6) is 0 Å². The third-order valence-corrected chi connectivity index (χ3v) is 4.76. The first-order valence-corrected chi connectivity index (χ1v) is 8.66. The molecule has 1 N–H and O–H groups in total. The Labute approximate surface area is 146 Å². The van der Waals surface area contributed by atoms with Crippen LogP contribution in [0.1, 0.15) is 54.4 Å². The zero-order valence-corrected chi connectivity index (χ0v) is 14.8. The average molecular weight is 345 g/mol. The van der Waals surface area contributed by atoms with E-state index in [2.05, 4.69) is 22.4 Å². The van der Waals surface area contributed by atoms with E-state index in [0.717, 1.165) is 19.3 Å². The molecule has 1 aliphatic rings. The highest BCUT2D eigenvalue weighted by Crippen LogP contribution is 2.24. The van der Waals surface area contributed by atoms with Crippen LogP contribution in [0.15, 0.2) is 10.6 Å². The van der Waals surface area contributed by atoms with Gasteiger partial charge in [-0.2, -0.15) is 0 Å². The van der Waals surface area contributed by atoms with Crippen LogP contribution in [0, 0.1) is 19.8 Å². The Balaban J connectivity index is 1.65. The van der Waals surface area contributed by atoms with Gasteiger partial charge in [0.2, 0.25) is 0 Å². The van der Waals surface area contributed by atoms with Crippen LogP contribution >= 0.6 is 0 Å². The summed E-state index contributed by atoms with van der Waals surface area (Å²) in [5, 5.41) is 7.33. The number of hydrogen-bond donors (Lipinski definition) is 1. The first kappa shape index (κ1) is 17.4. The van der Waals surface area contributed by atoms with E-state index in [1.54, 1.807) is 19.9 Å². The summed E-state index contributed by atoms with van der Waals surface area (Å²) in [5.74, 6) is -0.389. The van der Waals surface area contributed by atoms with Gasteiger partial charge in [0.05, 0.1) is 16.6 Å². The fourth-order valence-electron chi connectivity index (χ4n) is 3.37. The number of ether oxygens (including phenoxy) is 1. The van der Waals surface area contributed by atoms with Crippen molar-refractivity contribution in [1.29, 1.82) is 0 Å². The van der Waals surface area contributed by atoms with Gasteiger partial charge < -0.3 is 14.6 Å². The van der Waals surface area contributed by atoms with Crippen molar-refractivity contribution in [2.24, 2.45) is 5.92 Å². The van der Waals surface area contributed by atoms with Gasteiger partial charge >= 0.3 is 5.97 Å². The number of esters is 1. The molecule has 0 aliphatic heterocycles. The highest BCUT2D eigenvalue weighted by atomic mass is 16.5. The molecule has 2 aromatic rings. The summed E-state index contributed by atoms with van der Waals surface area (Å²) >= 11 is 0. The van der Waals surface area contributed by atoms with Gasteiger partial charge in [-0.1, -0.05) is 24.9 Å². The molecule has 3 rings (SSSR count). The van der Waals surface area contributed by atoms with E-state index in [0.29, 0.717) is 34.0 Å². The van der Waals surface area contributed by atoms with Crippen LogP contribution < -0.4 is 5.32 Å². The van der Waals surface area contributed by atoms with Crippen molar-refractivity contribution in [2.75, 3.05) is 6.61 Å². The fraction of sp³-hybridized carbons (Fsp3) is 0.556. The number of aryl methyl sites for hydroxylation is 2. The number of amides is 1. The number of nitrogens with one attached hydrogen (secondary N) is 1. The van der Waals surface area contributed by atoms with Crippen LogP contribution in [0.2, 0.25) is 0 Å². The molecule has 25 heavy (non-hydrogen) atoms. The molecule has 0 radical (unpaired) electrons. The molecule has 0 unspecified atom stereocenters. The maximum absolute atomic E-state index is 12.4. The summed E-state index contributed by atoms with van der Waals surface area (Å²) in [7, 11) is 0. The van der Waals surface area contributed by atoms with Crippen LogP contribution in [0.3, 0.4) is 0 Å². The molecule has 2 heterocycles. The second-order valence-electron chi connectivity index (χ2n) is 6.77. The highest BCUT2D eigenvalue weighted by Gasteiger charge is 2.24. The second-order valence-corrected chi connectivity index (χ2v) is 6.77. The molecule has 0 bridgehead atoms. The van der Waals surface area contributed by atoms with Crippen LogP contribution in [-0.2, 0) is 9.53 Å². The minimum atomic E-state index is -0.575. The summed E-state index contributed by atoms with van der Waals surface area (Å²) in [5.41, 5.74) is 1.80. The SMILES string of the molecule is Cc1cc(C(=O)OCC(=O)N[C@H]2CCCC[C@H]2C)c2c(C)noc2n1. The van der Waals surface area contributed by atoms with E-state index in [1.807, 2.05) is 0 Å². The van der Waals surface area contributed by atoms with Crippen molar-refractivity contribution < 1.29 is 18.8 Å². The average Bonchev–Trinajstić information content (AvgIpc) is 2.95. The van der Waals surface area contributed by atoms with Crippen molar-refractivity contribution in [3.63, 3.8) is 0 Å². The molecule has 0 spiro atoms. The standard InChI is InChI=1S/C18H23N3O4/c1-10-6-4-5-7-14(10)20-15(22)9-24-18(23)13-8-11(2)19-17-16(13)12(3)21-25-17/h8,10,14H,4-7,9H2,1-3H3,(H,20,22)/t10-,14+/m1/s1. The smallest absolute Gasteiger partial charge is 0.339 e. The molecule has 0 saturated heterocycles. The Morgan fingerprint density at radius 3 is 2.84 bits per heavy atom. The van der Waals surface area contributed by atoms with E-state index in [-0.39, 0.29) is 18.6 Å². The molecule has 1 aliphatic carbocycles. The molecular weight excluding hydrogens is 322 g/mol. The number of pyridine rings is 1. The van der Waals surface area contributed by atoms with Gasteiger partial charge in [0.25, 0.3) is 11.6 Å². The maximum Gasteiger partial charge on any atom is 0.339 e. The number of nitrogens with zero attached hydrogens (tertiary/aromatic N) is 2. The van der Waals surface area contributed by atoms with Crippen molar-refractivity contribution >= 4 is 23.0 Å². The van der Waals surface area contributed by atoms with Crippen LogP contribution in [-0.4, -0.2) is 34.7 Å². The van der Waals surface area contributed by atoms with Gasteiger partial charge in [-0.05, 0) is 38.7 Å². The Kier molecular flexibility index (Phi) is 5.01. The van der Waals surface area contributed by atoms with E-state index < -0.39 is 5.97 Å². The largest absolute Gasteiger partial charge is 0.452 e.